The molecule has 0 bridgehead atoms. The molecule has 84 valence electrons. The van der Waals surface area contributed by atoms with Gasteiger partial charge in [0, 0.05) is 11.3 Å². The van der Waals surface area contributed by atoms with Crippen LogP contribution in [0.2, 0.25) is 0 Å². The van der Waals surface area contributed by atoms with Crippen LogP contribution in [0.3, 0.4) is 0 Å². The quantitative estimate of drug-likeness (QED) is 0.329. The molecule has 0 fully saturated rings. The summed E-state index contributed by atoms with van der Waals surface area (Å²) in [5, 5.41) is 12.7. The molecule has 0 saturated heterocycles. The van der Waals surface area contributed by atoms with E-state index in [4.69, 9.17) is 9.79 Å². The summed E-state index contributed by atoms with van der Waals surface area (Å²) >= 11 is 0. The zero-order chi connectivity index (χ0) is 11.1. The predicted molar refractivity (Wildman–Crippen MR) is 59.1 cm³/mol. The van der Waals surface area contributed by atoms with Crippen molar-refractivity contribution in [2.75, 3.05) is 11.9 Å². The van der Waals surface area contributed by atoms with Crippen LogP contribution in [-0.4, -0.2) is 51.0 Å². The van der Waals surface area contributed by atoms with Gasteiger partial charge in [0.05, 0.1) is 6.54 Å². The number of para-hydroxylation sites is 1. The van der Waals surface area contributed by atoms with Crippen molar-refractivity contribution in [3.05, 3.63) is 29.8 Å². The SMILES string of the molecule is O=P(O)(O)OC1(O)CNc2ccccc21.[NaH]. The Morgan fingerprint density at radius 2 is 2.00 bits per heavy atom. The van der Waals surface area contributed by atoms with Gasteiger partial charge in [-0.1, -0.05) is 18.2 Å². The Kier molecular flexibility index (Phi) is 4.21. The maximum atomic E-state index is 10.7. The van der Waals surface area contributed by atoms with Crippen LogP contribution >= 0.6 is 7.82 Å². The molecular formula is C8H11NNaO5P. The topological polar surface area (TPSA) is 99.0 Å². The molecule has 1 heterocycles. The van der Waals surface area contributed by atoms with Crippen molar-refractivity contribution in [1.82, 2.24) is 0 Å². The Morgan fingerprint density at radius 3 is 2.62 bits per heavy atom. The molecule has 6 nitrogen and oxygen atoms in total. The van der Waals surface area contributed by atoms with Crippen LogP contribution in [0.15, 0.2) is 24.3 Å². The second-order valence-corrected chi connectivity index (χ2v) is 4.43. The number of aliphatic hydroxyl groups is 1. The van der Waals surface area contributed by atoms with Crippen LogP contribution in [-0.2, 0) is 14.9 Å². The van der Waals surface area contributed by atoms with Crippen molar-refractivity contribution in [3.63, 3.8) is 0 Å². The molecule has 8 heteroatoms. The Labute approximate surface area is 114 Å². The molecule has 1 atom stereocenters. The fraction of sp³-hybridized carbons (Fsp3) is 0.250. The van der Waals surface area contributed by atoms with Crippen LogP contribution in [0.5, 0.6) is 0 Å². The average molecular weight is 255 g/mol. The molecule has 0 spiro atoms. The third-order valence-electron chi connectivity index (χ3n) is 2.14. The van der Waals surface area contributed by atoms with Gasteiger partial charge in [-0.3, -0.25) is 0 Å². The summed E-state index contributed by atoms with van der Waals surface area (Å²) < 4.78 is 15.1. The van der Waals surface area contributed by atoms with Gasteiger partial charge < -0.3 is 20.2 Å². The van der Waals surface area contributed by atoms with Crippen molar-refractivity contribution in [3.8, 4) is 0 Å². The molecule has 4 N–H and O–H groups in total. The number of benzene rings is 1. The van der Waals surface area contributed by atoms with Gasteiger partial charge in [-0.05, 0) is 6.07 Å². The summed E-state index contributed by atoms with van der Waals surface area (Å²) in [7, 11) is -4.73. The summed E-state index contributed by atoms with van der Waals surface area (Å²) in [5.74, 6) is -1.96. The predicted octanol–water partition coefficient (Wildman–Crippen LogP) is -0.282. The summed E-state index contributed by atoms with van der Waals surface area (Å²) in [5.41, 5.74) is 0.932. The third-order valence-corrected chi connectivity index (χ3v) is 2.68. The van der Waals surface area contributed by atoms with Gasteiger partial charge in [-0.25, -0.2) is 9.09 Å². The molecule has 0 aromatic heterocycles. The summed E-state index contributed by atoms with van der Waals surface area (Å²) in [6.45, 7) is -0.0859. The monoisotopic (exact) mass is 255 g/mol. The molecule has 1 unspecified atom stereocenters. The normalized spacial score (nSPS) is 23.2. The number of nitrogens with one attached hydrogen (secondary N) is 1. The van der Waals surface area contributed by atoms with Crippen molar-refractivity contribution >= 4 is 43.1 Å². The zero-order valence-electron chi connectivity index (χ0n) is 7.62. The van der Waals surface area contributed by atoms with Gasteiger partial charge in [-0.15, -0.1) is 0 Å². The van der Waals surface area contributed by atoms with Gasteiger partial charge in [-0.2, -0.15) is 0 Å². The summed E-state index contributed by atoms with van der Waals surface area (Å²) in [4.78, 5) is 17.3. The molecule has 1 aromatic carbocycles. The van der Waals surface area contributed by atoms with Crippen molar-refractivity contribution < 1.29 is 24.0 Å². The minimum absolute atomic E-state index is 0. The first kappa shape index (κ1) is 14.2. The molecule has 16 heavy (non-hydrogen) atoms. The van der Waals surface area contributed by atoms with Gasteiger partial charge in [0.15, 0.2) is 0 Å². The fourth-order valence-corrected chi connectivity index (χ4v) is 2.12. The summed E-state index contributed by atoms with van der Waals surface area (Å²) in [6, 6.07) is 6.64. The van der Waals surface area contributed by atoms with E-state index in [-0.39, 0.29) is 36.1 Å². The average Bonchev–Trinajstić information content (AvgIpc) is 2.42. The van der Waals surface area contributed by atoms with Crippen LogP contribution in [0, 0.1) is 0 Å². The molecule has 0 radical (unpaired) electrons. The van der Waals surface area contributed by atoms with Gasteiger partial charge >= 0.3 is 37.4 Å². The van der Waals surface area contributed by atoms with Crippen LogP contribution in [0.1, 0.15) is 5.56 Å². The number of phosphoric acid groups is 1. The van der Waals surface area contributed by atoms with Crippen LogP contribution in [0.25, 0.3) is 0 Å². The van der Waals surface area contributed by atoms with Crippen molar-refractivity contribution in [2.45, 2.75) is 5.79 Å². The Hall–Kier alpha value is 0.0900. The number of fused-ring (bicyclic) bond motifs is 1. The zero-order valence-corrected chi connectivity index (χ0v) is 8.52. The Balaban J connectivity index is 0.00000128. The molecule has 1 aliphatic rings. The number of rotatable bonds is 2. The fourth-order valence-electron chi connectivity index (χ4n) is 1.57. The first-order chi connectivity index (χ1) is 6.91. The van der Waals surface area contributed by atoms with E-state index in [1.165, 1.54) is 0 Å². The van der Waals surface area contributed by atoms with Crippen LogP contribution < -0.4 is 5.32 Å². The van der Waals surface area contributed by atoms with E-state index in [1.807, 2.05) is 0 Å². The molecule has 2 rings (SSSR count). The standard InChI is InChI=1S/C8H10NO5P.Na.H/c10-8(14-15(11,12)13)5-9-7-4-2-1-3-6(7)8;;/h1-4,9-10H,5H2,(H2,11,12,13);;. The van der Waals surface area contributed by atoms with Crippen molar-refractivity contribution in [2.24, 2.45) is 0 Å². The van der Waals surface area contributed by atoms with E-state index in [9.17, 15) is 9.67 Å². The second-order valence-electron chi connectivity index (χ2n) is 3.27. The maximum absolute atomic E-state index is 10.7. The first-order valence-corrected chi connectivity index (χ1v) is 5.76. The Morgan fingerprint density at radius 1 is 1.38 bits per heavy atom. The first-order valence-electron chi connectivity index (χ1n) is 4.23. The van der Waals surface area contributed by atoms with Gasteiger partial charge in [0.1, 0.15) is 0 Å². The number of phosphoric ester groups is 1. The van der Waals surface area contributed by atoms with E-state index < -0.39 is 13.6 Å². The van der Waals surface area contributed by atoms with Gasteiger partial charge in [0.25, 0.3) is 0 Å². The molecule has 0 saturated carbocycles. The van der Waals surface area contributed by atoms with E-state index in [2.05, 4.69) is 9.84 Å². The minimum atomic E-state index is -4.73. The van der Waals surface area contributed by atoms with E-state index in [0.717, 1.165) is 0 Å². The number of β-amino-alcohol motifs (C(OH)–C–C–N with tert-alkyl or cyclic N) is 1. The summed E-state index contributed by atoms with van der Waals surface area (Å²) in [6.07, 6.45) is 0. The van der Waals surface area contributed by atoms with Crippen LogP contribution in [0.4, 0.5) is 5.69 Å². The molecule has 0 aliphatic carbocycles. The van der Waals surface area contributed by atoms with E-state index >= 15 is 0 Å². The molecule has 0 amide bonds. The number of anilines is 1. The van der Waals surface area contributed by atoms with E-state index in [0.29, 0.717) is 11.3 Å². The number of hydrogen-bond acceptors (Lipinski definition) is 4. The third kappa shape index (κ3) is 2.85. The second kappa shape index (κ2) is 4.76. The van der Waals surface area contributed by atoms with Crippen molar-refractivity contribution in [1.29, 1.82) is 0 Å². The van der Waals surface area contributed by atoms with Gasteiger partial charge in [0.2, 0.25) is 5.79 Å². The van der Waals surface area contributed by atoms with E-state index in [1.54, 1.807) is 24.3 Å². The molecule has 1 aliphatic heterocycles. The molecular weight excluding hydrogens is 244 g/mol. The number of hydrogen-bond donors (Lipinski definition) is 4. The Bertz CT molecular complexity index is 436. The molecule has 1 aromatic rings.